The lowest BCUT2D eigenvalue weighted by atomic mass is 9.70. The lowest BCUT2D eigenvalue weighted by molar-refractivity contribution is -0.133. The van der Waals surface area contributed by atoms with Crippen molar-refractivity contribution in [3.8, 4) is 0 Å². The Hall–Kier alpha value is -0.610. The van der Waals surface area contributed by atoms with Gasteiger partial charge in [-0.15, -0.1) is 0 Å². The SMILES string of the molecule is CCC(CCO)CNC(=O)C1(CN)CCC(C)CC1. The average molecular weight is 270 g/mol. The van der Waals surface area contributed by atoms with Crippen LogP contribution in [-0.2, 0) is 4.79 Å². The van der Waals surface area contributed by atoms with Gasteiger partial charge in [-0.2, -0.15) is 0 Å². The van der Waals surface area contributed by atoms with E-state index >= 15 is 0 Å². The Morgan fingerprint density at radius 2 is 2.11 bits per heavy atom. The first-order valence-electron chi connectivity index (χ1n) is 7.67. The summed E-state index contributed by atoms with van der Waals surface area (Å²) in [6.45, 7) is 5.63. The minimum Gasteiger partial charge on any atom is -0.396 e. The van der Waals surface area contributed by atoms with Gasteiger partial charge in [-0.25, -0.2) is 0 Å². The van der Waals surface area contributed by atoms with Gasteiger partial charge in [0, 0.05) is 19.7 Å². The predicted molar refractivity (Wildman–Crippen MR) is 77.6 cm³/mol. The Labute approximate surface area is 117 Å². The molecule has 0 heterocycles. The van der Waals surface area contributed by atoms with Gasteiger partial charge in [-0.05, 0) is 43.9 Å². The van der Waals surface area contributed by atoms with Gasteiger partial charge in [0.15, 0.2) is 0 Å². The first kappa shape index (κ1) is 16.4. The fraction of sp³-hybridized carbons (Fsp3) is 0.933. The number of hydrogen-bond donors (Lipinski definition) is 3. The Morgan fingerprint density at radius 3 is 2.58 bits per heavy atom. The van der Waals surface area contributed by atoms with E-state index in [0.717, 1.165) is 38.5 Å². The van der Waals surface area contributed by atoms with E-state index in [0.29, 0.717) is 24.9 Å². The van der Waals surface area contributed by atoms with Gasteiger partial charge in [0.05, 0.1) is 5.41 Å². The summed E-state index contributed by atoms with van der Waals surface area (Å²) < 4.78 is 0. The minimum atomic E-state index is -0.343. The van der Waals surface area contributed by atoms with Crippen LogP contribution in [0.3, 0.4) is 0 Å². The van der Waals surface area contributed by atoms with Crippen molar-refractivity contribution >= 4 is 5.91 Å². The molecule has 112 valence electrons. The van der Waals surface area contributed by atoms with Gasteiger partial charge in [-0.3, -0.25) is 4.79 Å². The molecule has 1 rings (SSSR count). The molecule has 1 atom stereocenters. The van der Waals surface area contributed by atoms with Crippen LogP contribution in [0.25, 0.3) is 0 Å². The number of carbonyl (C=O) groups excluding carboxylic acids is 1. The van der Waals surface area contributed by atoms with Crippen LogP contribution in [-0.4, -0.2) is 30.7 Å². The third-order valence-corrected chi connectivity index (χ3v) is 4.77. The second-order valence-electron chi connectivity index (χ2n) is 6.16. The molecule has 1 fully saturated rings. The van der Waals surface area contributed by atoms with E-state index in [-0.39, 0.29) is 17.9 Å². The summed E-state index contributed by atoms with van der Waals surface area (Å²) in [5, 5.41) is 12.0. The third-order valence-electron chi connectivity index (χ3n) is 4.77. The predicted octanol–water partition coefficient (Wildman–Crippen LogP) is 1.67. The molecule has 19 heavy (non-hydrogen) atoms. The zero-order valence-electron chi connectivity index (χ0n) is 12.5. The van der Waals surface area contributed by atoms with Crippen molar-refractivity contribution in [2.75, 3.05) is 19.7 Å². The van der Waals surface area contributed by atoms with Crippen molar-refractivity contribution < 1.29 is 9.90 Å². The number of hydrogen-bond acceptors (Lipinski definition) is 3. The Kier molecular flexibility index (Phi) is 6.80. The molecule has 4 N–H and O–H groups in total. The highest BCUT2D eigenvalue weighted by Crippen LogP contribution is 2.38. The molecular formula is C15H30N2O2. The number of rotatable bonds is 7. The first-order chi connectivity index (χ1) is 9.07. The molecule has 4 nitrogen and oxygen atoms in total. The molecule has 0 aromatic rings. The molecule has 1 saturated carbocycles. The normalized spacial score (nSPS) is 28.9. The zero-order chi connectivity index (χ0) is 14.3. The number of aliphatic hydroxyl groups is 1. The summed E-state index contributed by atoms with van der Waals surface area (Å²) in [7, 11) is 0. The Morgan fingerprint density at radius 1 is 1.47 bits per heavy atom. The number of nitrogens with one attached hydrogen (secondary N) is 1. The molecule has 0 spiro atoms. The largest absolute Gasteiger partial charge is 0.396 e. The van der Waals surface area contributed by atoms with Crippen molar-refractivity contribution in [1.82, 2.24) is 5.32 Å². The maximum atomic E-state index is 12.4. The van der Waals surface area contributed by atoms with E-state index in [4.69, 9.17) is 10.8 Å². The molecule has 0 radical (unpaired) electrons. The molecule has 0 bridgehead atoms. The van der Waals surface area contributed by atoms with Crippen molar-refractivity contribution in [3.63, 3.8) is 0 Å². The van der Waals surface area contributed by atoms with E-state index in [2.05, 4.69) is 19.2 Å². The molecule has 1 aliphatic carbocycles. The Balaban J connectivity index is 2.50. The van der Waals surface area contributed by atoms with Crippen molar-refractivity contribution in [2.45, 2.75) is 52.4 Å². The molecule has 0 aliphatic heterocycles. The molecule has 1 unspecified atom stereocenters. The molecule has 0 aromatic heterocycles. The van der Waals surface area contributed by atoms with E-state index in [1.54, 1.807) is 0 Å². The summed E-state index contributed by atoms with van der Waals surface area (Å²) in [6, 6.07) is 0. The summed E-state index contributed by atoms with van der Waals surface area (Å²) in [5.74, 6) is 1.20. The van der Waals surface area contributed by atoms with Gasteiger partial charge in [-0.1, -0.05) is 20.3 Å². The molecule has 4 heteroatoms. The van der Waals surface area contributed by atoms with E-state index in [1.807, 2.05) is 0 Å². The van der Waals surface area contributed by atoms with E-state index in [9.17, 15) is 4.79 Å². The number of aliphatic hydroxyl groups excluding tert-OH is 1. The highest BCUT2D eigenvalue weighted by atomic mass is 16.3. The number of carbonyl (C=O) groups is 1. The minimum absolute atomic E-state index is 0.123. The highest BCUT2D eigenvalue weighted by molar-refractivity contribution is 5.83. The number of amides is 1. The van der Waals surface area contributed by atoms with Crippen LogP contribution in [0, 0.1) is 17.3 Å². The molecule has 0 aromatic carbocycles. The highest BCUT2D eigenvalue weighted by Gasteiger charge is 2.39. The maximum absolute atomic E-state index is 12.4. The molecule has 1 amide bonds. The second kappa shape index (κ2) is 7.85. The standard InChI is InChI=1S/C15H30N2O2/c1-3-13(6-9-18)10-17-14(19)15(11-16)7-4-12(2)5-8-15/h12-13,18H,3-11,16H2,1-2H3,(H,17,19). The topological polar surface area (TPSA) is 75.3 Å². The fourth-order valence-corrected chi connectivity index (χ4v) is 2.90. The third kappa shape index (κ3) is 4.46. The van der Waals surface area contributed by atoms with Crippen molar-refractivity contribution in [1.29, 1.82) is 0 Å². The van der Waals surface area contributed by atoms with Crippen LogP contribution in [0.2, 0.25) is 0 Å². The van der Waals surface area contributed by atoms with Crippen LogP contribution in [0.4, 0.5) is 0 Å². The lowest BCUT2D eigenvalue weighted by Gasteiger charge is -2.37. The lowest BCUT2D eigenvalue weighted by Crippen LogP contribution is -2.48. The monoisotopic (exact) mass is 270 g/mol. The summed E-state index contributed by atoms with van der Waals surface area (Å²) in [6.07, 6.45) is 5.74. The zero-order valence-corrected chi connectivity index (χ0v) is 12.5. The van der Waals surface area contributed by atoms with Gasteiger partial charge >= 0.3 is 0 Å². The number of nitrogens with two attached hydrogens (primary N) is 1. The van der Waals surface area contributed by atoms with Crippen LogP contribution < -0.4 is 11.1 Å². The van der Waals surface area contributed by atoms with Crippen LogP contribution >= 0.6 is 0 Å². The van der Waals surface area contributed by atoms with Gasteiger partial charge in [0.1, 0.15) is 0 Å². The average Bonchev–Trinajstić information content (AvgIpc) is 2.44. The van der Waals surface area contributed by atoms with Gasteiger partial charge in [0.2, 0.25) is 5.91 Å². The smallest absolute Gasteiger partial charge is 0.227 e. The van der Waals surface area contributed by atoms with Crippen molar-refractivity contribution in [2.24, 2.45) is 23.0 Å². The first-order valence-corrected chi connectivity index (χ1v) is 7.67. The van der Waals surface area contributed by atoms with Crippen LogP contribution in [0.15, 0.2) is 0 Å². The fourth-order valence-electron chi connectivity index (χ4n) is 2.90. The quantitative estimate of drug-likeness (QED) is 0.658. The van der Waals surface area contributed by atoms with Crippen LogP contribution in [0.1, 0.15) is 52.4 Å². The molecule has 0 saturated heterocycles. The Bertz CT molecular complexity index is 273. The maximum Gasteiger partial charge on any atom is 0.227 e. The molecular weight excluding hydrogens is 240 g/mol. The van der Waals surface area contributed by atoms with Gasteiger partial charge < -0.3 is 16.2 Å². The van der Waals surface area contributed by atoms with Crippen molar-refractivity contribution in [3.05, 3.63) is 0 Å². The molecule has 1 aliphatic rings. The van der Waals surface area contributed by atoms with Crippen LogP contribution in [0.5, 0.6) is 0 Å². The van der Waals surface area contributed by atoms with E-state index < -0.39 is 0 Å². The van der Waals surface area contributed by atoms with Gasteiger partial charge in [0.25, 0.3) is 0 Å². The summed E-state index contributed by atoms with van der Waals surface area (Å²) in [5.41, 5.74) is 5.54. The summed E-state index contributed by atoms with van der Waals surface area (Å²) >= 11 is 0. The second-order valence-corrected chi connectivity index (χ2v) is 6.16. The summed E-state index contributed by atoms with van der Waals surface area (Å²) in [4.78, 5) is 12.4. The van der Waals surface area contributed by atoms with E-state index in [1.165, 1.54) is 0 Å².